The number of nitrogens with two attached hydrogens (primary N) is 1. The Labute approximate surface area is 162 Å². The van der Waals surface area contributed by atoms with Gasteiger partial charge in [0.05, 0.1) is 12.2 Å². The average molecular weight is 418 g/mol. The summed E-state index contributed by atoms with van der Waals surface area (Å²) in [5.74, 6) is 3.38. The summed E-state index contributed by atoms with van der Waals surface area (Å²) < 4.78 is 4.76. The van der Waals surface area contributed by atoms with Gasteiger partial charge < -0.3 is 15.6 Å². The summed E-state index contributed by atoms with van der Waals surface area (Å²) in [5.41, 5.74) is 6.40. The van der Waals surface area contributed by atoms with Gasteiger partial charge >= 0.3 is 0 Å². The van der Waals surface area contributed by atoms with E-state index in [2.05, 4.69) is 25.7 Å². The Morgan fingerprint density at radius 3 is 2.92 bits per heavy atom. The van der Waals surface area contributed by atoms with Gasteiger partial charge in [-0.1, -0.05) is 16.5 Å². The van der Waals surface area contributed by atoms with Crippen molar-refractivity contribution in [2.75, 3.05) is 36.9 Å². The molecule has 142 valence electrons. The standard InChI is InChI=1S/C13H19N7O3S3/c14-13-18-17-12(26-13)9-25-6-3-16-11(7-20(21)22)15-2-5-24-8-10-1-4-23-19-10/h1,4H,2-3,5-9H2,(H2,14,18)(H,15,16). The molecule has 2 aromatic rings. The first kappa shape index (κ1) is 20.5. The lowest BCUT2D eigenvalue weighted by Crippen LogP contribution is -2.32. The molecule has 0 aliphatic carbocycles. The predicted octanol–water partition coefficient (Wildman–Crippen LogP) is 1.54. The Bertz CT molecular complexity index is 693. The molecule has 0 saturated carbocycles. The van der Waals surface area contributed by atoms with Crippen LogP contribution in [0.4, 0.5) is 5.13 Å². The number of nitrogens with one attached hydrogen (secondary N) is 1. The molecule has 13 heteroatoms. The first-order valence-electron chi connectivity index (χ1n) is 7.65. The first-order chi connectivity index (χ1) is 12.6. The van der Waals surface area contributed by atoms with Crippen molar-refractivity contribution in [2.45, 2.75) is 11.5 Å². The number of hydrogen-bond acceptors (Lipinski definition) is 11. The predicted molar refractivity (Wildman–Crippen MR) is 105 cm³/mol. The van der Waals surface area contributed by atoms with E-state index in [1.54, 1.807) is 23.5 Å². The topological polar surface area (TPSA) is 145 Å². The monoisotopic (exact) mass is 417 g/mol. The molecule has 0 atom stereocenters. The van der Waals surface area contributed by atoms with Crippen LogP contribution in [0.2, 0.25) is 0 Å². The number of nitrogen functional groups attached to an aromatic ring is 1. The minimum Gasteiger partial charge on any atom is -0.374 e. The second-order valence-electron chi connectivity index (χ2n) is 4.88. The largest absolute Gasteiger partial charge is 0.374 e. The van der Waals surface area contributed by atoms with E-state index in [0.29, 0.717) is 29.8 Å². The maximum absolute atomic E-state index is 10.8. The first-order valence-corrected chi connectivity index (χ1v) is 10.8. The van der Waals surface area contributed by atoms with E-state index in [4.69, 9.17) is 10.3 Å². The molecule has 2 heterocycles. The molecule has 0 bridgehead atoms. The van der Waals surface area contributed by atoms with Crippen LogP contribution in [0, 0.1) is 10.1 Å². The second kappa shape index (κ2) is 11.7. The highest BCUT2D eigenvalue weighted by molar-refractivity contribution is 7.98. The van der Waals surface area contributed by atoms with Gasteiger partial charge in [-0.15, -0.1) is 10.2 Å². The minimum absolute atomic E-state index is 0.300. The van der Waals surface area contributed by atoms with Crippen molar-refractivity contribution in [3.63, 3.8) is 0 Å². The van der Waals surface area contributed by atoms with E-state index in [9.17, 15) is 10.1 Å². The number of aliphatic imine (C=N–C) groups is 1. The van der Waals surface area contributed by atoms with Crippen molar-refractivity contribution in [1.82, 2.24) is 20.7 Å². The number of nitrogens with zero attached hydrogens (tertiary/aromatic N) is 5. The lowest BCUT2D eigenvalue weighted by atomic mass is 10.5. The van der Waals surface area contributed by atoms with E-state index < -0.39 is 0 Å². The highest BCUT2D eigenvalue weighted by atomic mass is 32.2. The lowest BCUT2D eigenvalue weighted by molar-refractivity contribution is -0.463. The Kier molecular flexibility index (Phi) is 9.20. The van der Waals surface area contributed by atoms with Gasteiger partial charge in [0.25, 0.3) is 6.54 Å². The molecule has 26 heavy (non-hydrogen) atoms. The van der Waals surface area contributed by atoms with Gasteiger partial charge in [0.2, 0.25) is 5.13 Å². The third-order valence-corrected chi connectivity index (χ3v) is 5.72. The van der Waals surface area contributed by atoms with Crippen LogP contribution in [0.5, 0.6) is 0 Å². The lowest BCUT2D eigenvalue weighted by Gasteiger charge is -2.06. The number of hydrogen-bond donors (Lipinski definition) is 2. The Hall–Kier alpha value is -1.86. The molecule has 0 saturated heterocycles. The molecule has 0 amide bonds. The zero-order valence-electron chi connectivity index (χ0n) is 13.9. The highest BCUT2D eigenvalue weighted by Gasteiger charge is 2.07. The molecule has 0 radical (unpaired) electrons. The van der Waals surface area contributed by atoms with Crippen LogP contribution in [-0.4, -0.2) is 57.3 Å². The Morgan fingerprint density at radius 2 is 2.23 bits per heavy atom. The summed E-state index contributed by atoms with van der Waals surface area (Å²) in [7, 11) is 0. The smallest absolute Gasteiger partial charge is 0.259 e. The van der Waals surface area contributed by atoms with Crippen molar-refractivity contribution in [2.24, 2.45) is 4.99 Å². The van der Waals surface area contributed by atoms with E-state index in [0.717, 1.165) is 28.0 Å². The number of anilines is 1. The third-order valence-electron chi connectivity index (χ3n) is 2.84. The average Bonchev–Trinajstić information content (AvgIpc) is 3.25. The van der Waals surface area contributed by atoms with Gasteiger partial charge in [-0.25, -0.2) is 0 Å². The SMILES string of the molecule is Nc1nnc(CSCCN=C(C[N+](=O)[O-])NCCSCc2ccon2)s1. The molecule has 3 N–H and O–H groups in total. The molecule has 0 aliphatic heterocycles. The van der Waals surface area contributed by atoms with Crippen molar-refractivity contribution in [1.29, 1.82) is 0 Å². The molecule has 10 nitrogen and oxygen atoms in total. The highest BCUT2D eigenvalue weighted by Crippen LogP contribution is 2.17. The van der Waals surface area contributed by atoms with Crippen molar-refractivity contribution >= 4 is 45.8 Å². The fourth-order valence-electron chi connectivity index (χ4n) is 1.77. The summed E-state index contributed by atoms with van der Waals surface area (Å²) in [6.45, 7) is 0.805. The summed E-state index contributed by atoms with van der Waals surface area (Å²) in [6, 6.07) is 1.81. The van der Waals surface area contributed by atoms with Gasteiger partial charge in [-0.3, -0.25) is 15.1 Å². The number of nitro groups is 1. The molecule has 0 spiro atoms. The van der Waals surface area contributed by atoms with Gasteiger partial charge in [0.1, 0.15) is 11.3 Å². The zero-order chi connectivity index (χ0) is 18.6. The van der Waals surface area contributed by atoms with Crippen LogP contribution in [-0.2, 0) is 11.5 Å². The normalized spacial score (nSPS) is 11.6. The maximum atomic E-state index is 10.8. The number of aromatic nitrogens is 3. The number of amidine groups is 1. The summed E-state index contributed by atoms with van der Waals surface area (Å²) in [4.78, 5) is 14.7. The molecular formula is C13H19N7O3S3. The fourth-order valence-corrected chi connectivity index (χ4v) is 4.01. The minimum atomic E-state index is -0.383. The van der Waals surface area contributed by atoms with Gasteiger partial charge in [0.15, 0.2) is 5.84 Å². The number of rotatable bonds is 12. The van der Waals surface area contributed by atoms with E-state index in [-0.39, 0.29) is 11.5 Å². The Balaban J connectivity index is 1.62. The van der Waals surface area contributed by atoms with Crippen LogP contribution in [0.1, 0.15) is 10.7 Å². The molecule has 2 rings (SSSR count). The quantitative estimate of drug-likeness (QED) is 0.171. The molecular weight excluding hydrogens is 398 g/mol. The van der Waals surface area contributed by atoms with Crippen LogP contribution in [0.3, 0.4) is 0 Å². The second-order valence-corrected chi connectivity index (χ2v) is 8.18. The molecule has 0 aromatic carbocycles. The zero-order valence-corrected chi connectivity index (χ0v) is 16.3. The van der Waals surface area contributed by atoms with Gasteiger partial charge in [-0.2, -0.15) is 23.5 Å². The molecule has 2 aromatic heterocycles. The number of thioether (sulfide) groups is 2. The van der Waals surface area contributed by atoms with Gasteiger partial charge in [0, 0.05) is 40.5 Å². The van der Waals surface area contributed by atoms with E-state index in [1.807, 2.05) is 6.07 Å². The Morgan fingerprint density at radius 1 is 1.38 bits per heavy atom. The van der Waals surface area contributed by atoms with Crippen LogP contribution < -0.4 is 11.1 Å². The van der Waals surface area contributed by atoms with Crippen molar-refractivity contribution in [3.8, 4) is 0 Å². The van der Waals surface area contributed by atoms with Crippen LogP contribution in [0.15, 0.2) is 21.8 Å². The van der Waals surface area contributed by atoms with Crippen LogP contribution >= 0.6 is 34.9 Å². The van der Waals surface area contributed by atoms with Crippen LogP contribution in [0.25, 0.3) is 0 Å². The fraction of sp³-hybridized carbons (Fsp3) is 0.538. The maximum Gasteiger partial charge on any atom is 0.259 e. The van der Waals surface area contributed by atoms with Crippen molar-refractivity contribution < 1.29 is 9.45 Å². The third kappa shape index (κ3) is 8.49. The molecule has 0 fully saturated rings. The summed E-state index contributed by atoms with van der Waals surface area (Å²) in [6.07, 6.45) is 1.54. The molecule has 0 unspecified atom stereocenters. The van der Waals surface area contributed by atoms with Gasteiger partial charge in [-0.05, 0) is 0 Å². The summed E-state index contributed by atoms with van der Waals surface area (Å²) >= 11 is 4.67. The summed E-state index contributed by atoms with van der Waals surface area (Å²) in [5, 5.41) is 26.6. The van der Waals surface area contributed by atoms with E-state index in [1.165, 1.54) is 17.6 Å². The molecule has 0 aliphatic rings. The van der Waals surface area contributed by atoms with Crippen molar-refractivity contribution in [3.05, 3.63) is 33.1 Å². The van der Waals surface area contributed by atoms with E-state index >= 15 is 0 Å².